The van der Waals surface area contributed by atoms with Crippen LogP contribution in [0.4, 0.5) is 0 Å². The highest BCUT2D eigenvalue weighted by atomic mass is 32.2. The predicted molar refractivity (Wildman–Crippen MR) is 110 cm³/mol. The molecule has 9 heteroatoms. The lowest BCUT2D eigenvalue weighted by Gasteiger charge is -2.18. The van der Waals surface area contributed by atoms with Crippen molar-refractivity contribution in [1.82, 2.24) is 5.32 Å². The van der Waals surface area contributed by atoms with Crippen LogP contribution in [0.5, 0.6) is 0 Å². The van der Waals surface area contributed by atoms with Crippen molar-refractivity contribution >= 4 is 21.8 Å². The third-order valence-electron chi connectivity index (χ3n) is 5.24. The van der Waals surface area contributed by atoms with Gasteiger partial charge in [0.15, 0.2) is 0 Å². The molecule has 1 aliphatic rings. The maximum absolute atomic E-state index is 12.2. The van der Waals surface area contributed by atoms with Crippen LogP contribution in [0.2, 0.25) is 0 Å². The van der Waals surface area contributed by atoms with Crippen LogP contribution in [0, 0.1) is 11.8 Å². The summed E-state index contributed by atoms with van der Waals surface area (Å²) in [5, 5.41) is 22.6. The van der Waals surface area contributed by atoms with E-state index in [-0.39, 0.29) is 42.9 Å². The van der Waals surface area contributed by atoms with E-state index in [0.29, 0.717) is 25.7 Å². The van der Waals surface area contributed by atoms with E-state index in [1.54, 1.807) is 12.2 Å². The van der Waals surface area contributed by atoms with Gasteiger partial charge in [0.05, 0.1) is 18.0 Å². The van der Waals surface area contributed by atoms with Crippen molar-refractivity contribution in [2.75, 3.05) is 12.3 Å². The Balaban J connectivity index is 2.38. The first-order valence-electron chi connectivity index (χ1n) is 10.4. The van der Waals surface area contributed by atoms with E-state index in [4.69, 9.17) is 4.55 Å². The summed E-state index contributed by atoms with van der Waals surface area (Å²) in [5.74, 6) is -1.45. The molecule has 0 spiro atoms. The Morgan fingerprint density at radius 2 is 2.00 bits per heavy atom. The Kier molecular flexibility index (Phi) is 11.6. The number of aliphatic hydroxyl groups excluding tert-OH is 2. The SMILES string of the molecule is CCCCC[C@H](O)/C=C/[C@H]1[C@H](O)CC(=O)[C@@H]1CCCCC(=O)NCCS(=O)(=O)O. The number of ketones is 1. The molecule has 0 heterocycles. The highest BCUT2D eigenvalue weighted by Gasteiger charge is 2.39. The minimum Gasteiger partial charge on any atom is -0.392 e. The van der Waals surface area contributed by atoms with Crippen LogP contribution < -0.4 is 5.32 Å². The van der Waals surface area contributed by atoms with Gasteiger partial charge in [-0.15, -0.1) is 0 Å². The normalized spacial score (nSPS) is 23.6. The van der Waals surface area contributed by atoms with Gasteiger partial charge in [0.1, 0.15) is 5.78 Å². The second-order valence-corrected chi connectivity index (χ2v) is 9.32. The average molecular weight is 434 g/mol. The second-order valence-electron chi connectivity index (χ2n) is 7.75. The number of rotatable bonds is 14. The first-order valence-corrected chi connectivity index (χ1v) is 12.0. The molecule has 8 nitrogen and oxygen atoms in total. The molecule has 0 aliphatic heterocycles. The van der Waals surface area contributed by atoms with Gasteiger partial charge in [-0.25, -0.2) is 0 Å². The van der Waals surface area contributed by atoms with Crippen LogP contribution in [0.1, 0.15) is 64.7 Å². The van der Waals surface area contributed by atoms with Gasteiger partial charge in [-0.1, -0.05) is 44.8 Å². The molecule has 0 bridgehead atoms. The average Bonchev–Trinajstić information content (AvgIpc) is 2.89. The van der Waals surface area contributed by atoms with Crippen LogP contribution in [-0.2, 0) is 19.7 Å². The Labute approximate surface area is 173 Å². The van der Waals surface area contributed by atoms with E-state index in [1.807, 2.05) is 0 Å². The number of Topliss-reactive ketones (excluding diaryl/α,β-unsaturated/α-hetero) is 1. The van der Waals surface area contributed by atoms with Crippen LogP contribution in [0.15, 0.2) is 12.2 Å². The zero-order chi connectivity index (χ0) is 21.9. The maximum Gasteiger partial charge on any atom is 0.266 e. The highest BCUT2D eigenvalue weighted by Crippen LogP contribution is 2.34. The molecule has 0 aromatic heterocycles. The van der Waals surface area contributed by atoms with E-state index in [1.165, 1.54) is 0 Å². The van der Waals surface area contributed by atoms with E-state index in [2.05, 4.69) is 12.2 Å². The Morgan fingerprint density at radius 3 is 2.66 bits per heavy atom. The summed E-state index contributed by atoms with van der Waals surface area (Å²) < 4.78 is 29.8. The summed E-state index contributed by atoms with van der Waals surface area (Å²) in [6, 6.07) is 0. The lowest BCUT2D eigenvalue weighted by Crippen LogP contribution is -2.28. The number of carbonyl (C=O) groups is 2. The van der Waals surface area contributed by atoms with Gasteiger partial charge in [0, 0.05) is 31.2 Å². The van der Waals surface area contributed by atoms with Gasteiger partial charge < -0.3 is 15.5 Å². The molecule has 0 radical (unpaired) electrons. The molecular formula is C20H35NO7S. The third kappa shape index (κ3) is 10.9. The zero-order valence-corrected chi connectivity index (χ0v) is 17.9. The van der Waals surface area contributed by atoms with Crippen molar-refractivity contribution in [3.63, 3.8) is 0 Å². The van der Waals surface area contributed by atoms with Crippen molar-refractivity contribution in [3.8, 4) is 0 Å². The summed E-state index contributed by atoms with van der Waals surface area (Å²) in [7, 11) is -4.09. The highest BCUT2D eigenvalue weighted by molar-refractivity contribution is 7.85. The molecule has 1 amide bonds. The lowest BCUT2D eigenvalue weighted by molar-refractivity contribution is -0.121. The molecule has 0 aromatic carbocycles. The van der Waals surface area contributed by atoms with Crippen molar-refractivity contribution in [1.29, 1.82) is 0 Å². The second kappa shape index (κ2) is 13.1. The lowest BCUT2D eigenvalue weighted by atomic mass is 9.88. The fraction of sp³-hybridized carbons (Fsp3) is 0.800. The van der Waals surface area contributed by atoms with Gasteiger partial charge in [-0.2, -0.15) is 8.42 Å². The van der Waals surface area contributed by atoms with E-state index < -0.39 is 28.1 Å². The first kappa shape index (κ1) is 25.7. The van der Waals surface area contributed by atoms with Crippen LogP contribution in [-0.4, -0.2) is 59.4 Å². The van der Waals surface area contributed by atoms with Gasteiger partial charge in [-0.05, 0) is 19.3 Å². The molecule has 1 rings (SSSR count). The third-order valence-corrected chi connectivity index (χ3v) is 5.96. The van der Waals surface area contributed by atoms with Gasteiger partial charge in [0.25, 0.3) is 10.1 Å². The first-order chi connectivity index (χ1) is 13.6. The quantitative estimate of drug-likeness (QED) is 0.185. The summed E-state index contributed by atoms with van der Waals surface area (Å²) in [6.07, 6.45) is 7.88. The van der Waals surface area contributed by atoms with Crippen molar-refractivity contribution in [3.05, 3.63) is 12.2 Å². The monoisotopic (exact) mass is 433 g/mol. The van der Waals surface area contributed by atoms with Gasteiger partial charge in [-0.3, -0.25) is 14.1 Å². The van der Waals surface area contributed by atoms with Crippen LogP contribution >= 0.6 is 0 Å². The zero-order valence-electron chi connectivity index (χ0n) is 17.1. The molecule has 29 heavy (non-hydrogen) atoms. The Bertz CT molecular complexity index is 647. The molecule has 4 N–H and O–H groups in total. The molecule has 0 saturated heterocycles. The van der Waals surface area contributed by atoms with Crippen molar-refractivity contribution in [2.24, 2.45) is 11.8 Å². The van der Waals surface area contributed by atoms with Crippen LogP contribution in [0.25, 0.3) is 0 Å². The molecule has 168 valence electrons. The molecule has 1 saturated carbocycles. The fourth-order valence-corrected chi connectivity index (χ4v) is 3.97. The number of amides is 1. The fourth-order valence-electron chi connectivity index (χ4n) is 3.61. The smallest absolute Gasteiger partial charge is 0.266 e. The van der Waals surface area contributed by atoms with Crippen molar-refractivity contribution < 1.29 is 32.8 Å². The van der Waals surface area contributed by atoms with E-state index in [9.17, 15) is 28.2 Å². The Morgan fingerprint density at radius 1 is 1.28 bits per heavy atom. The summed E-state index contributed by atoms with van der Waals surface area (Å²) >= 11 is 0. The summed E-state index contributed by atoms with van der Waals surface area (Å²) in [5.41, 5.74) is 0. The Hall–Kier alpha value is -1.29. The van der Waals surface area contributed by atoms with Gasteiger partial charge in [0.2, 0.25) is 5.91 Å². The van der Waals surface area contributed by atoms with E-state index >= 15 is 0 Å². The number of aliphatic hydroxyl groups is 2. The van der Waals surface area contributed by atoms with E-state index in [0.717, 1.165) is 19.3 Å². The minimum atomic E-state index is -4.09. The molecular weight excluding hydrogens is 398 g/mol. The van der Waals surface area contributed by atoms with Crippen LogP contribution in [0.3, 0.4) is 0 Å². The largest absolute Gasteiger partial charge is 0.392 e. The summed E-state index contributed by atoms with van der Waals surface area (Å²) in [4.78, 5) is 23.9. The van der Waals surface area contributed by atoms with Gasteiger partial charge >= 0.3 is 0 Å². The standard InChI is InChI=1S/C20H35NO7S/c1-2-3-4-7-15(22)10-11-17-16(18(23)14-19(17)24)8-5-6-9-20(25)21-12-13-29(26,27)28/h10-11,15-17,19,22,24H,2-9,12-14H2,1H3,(H,21,25)(H,26,27,28)/b11-10+/t15-,16+,17+,19+/m0/s1. The molecule has 0 aromatic rings. The maximum atomic E-state index is 12.2. The molecule has 0 unspecified atom stereocenters. The molecule has 1 fully saturated rings. The topological polar surface area (TPSA) is 141 Å². The number of hydrogen-bond donors (Lipinski definition) is 4. The number of hydrogen-bond acceptors (Lipinski definition) is 6. The number of nitrogens with one attached hydrogen (secondary N) is 1. The number of carbonyl (C=O) groups excluding carboxylic acids is 2. The summed E-state index contributed by atoms with van der Waals surface area (Å²) in [6.45, 7) is 1.95. The minimum absolute atomic E-state index is 0.00484. The number of unbranched alkanes of at least 4 members (excludes halogenated alkanes) is 3. The predicted octanol–water partition coefficient (Wildman–Crippen LogP) is 1.61. The molecule has 1 aliphatic carbocycles. The van der Waals surface area contributed by atoms with Crippen molar-refractivity contribution in [2.45, 2.75) is 76.9 Å². The molecule has 4 atom stereocenters.